The number of carbonyl (C=O) groups excluding carboxylic acids is 1. The van der Waals surface area contributed by atoms with Crippen molar-refractivity contribution in [3.63, 3.8) is 0 Å². The maximum absolute atomic E-state index is 11.0. The molecule has 0 radical (unpaired) electrons. The van der Waals surface area contributed by atoms with Crippen molar-refractivity contribution < 1.29 is 9.53 Å². The minimum Gasteiger partial charge on any atom is -0.461 e. The van der Waals surface area contributed by atoms with Gasteiger partial charge in [0.25, 0.3) is 0 Å². The molecular formula is C13H16BrNO2. The SMILES string of the molecule is CC(=O)O[C@H]1[C@H](N)[C@@H](Br)[C@@H]1Cc1ccccc1. The van der Waals surface area contributed by atoms with Gasteiger partial charge in [-0.15, -0.1) is 0 Å². The normalized spacial score (nSPS) is 31.7. The zero-order valence-electron chi connectivity index (χ0n) is 9.68. The molecule has 0 aromatic heterocycles. The molecule has 1 aromatic rings. The zero-order chi connectivity index (χ0) is 12.4. The summed E-state index contributed by atoms with van der Waals surface area (Å²) in [5.41, 5.74) is 7.18. The summed E-state index contributed by atoms with van der Waals surface area (Å²) in [4.78, 5) is 11.2. The standard InChI is InChI=1S/C13H16BrNO2/c1-8(16)17-13-10(11(14)12(13)15)7-9-5-3-2-4-6-9/h2-6,10-13H,7,15H2,1H3/t10-,11-,12+,13+/m0/s1. The van der Waals surface area contributed by atoms with E-state index < -0.39 is 0 Å². The van der Waals surface area contributed by atoms with Crippen LogP contribution in [0.15, 0.2) is 30.3 Å². The Labute approximate surface area is 109 Å². The van der Waals surface area contributed by atoms with Crippen LogP contribution in [-0.2, 0) is 16.0 Å². The monoisotopic (exact) mass is 297 g/mol. The first-order chi connectivity index (χ1) is 8.09. The molecule has 92 valence electrons. The minimum absolute atomic E-state index is 0.104. The van der Waals surface area contributed by atoms with Crippen LogP contribution in [0.1, 0.15) is 12.5 Å². The predicted octanol–water partition coefficient (Wildman–Crippen LogP) is 1.88. The van der Waals surface area contributed by atoms with Crippen LogP contribution in [0.5, 0.6) is 0 Å². The smallest absolute Gasteiger partial charge is 0.302 e. The van der Waals surface area contributed by atoms with Crippen molar-refractivity contribution in [1.82, 2.24) is 0 Å². The van der Waals surface area contributed by atoms with Crippen LogP contribution in [-0.4, -0.2) is 22.9 Å². The van der Waals surface area contributed by atoms with Crippen molar-refractivity contribution in [1.29, 1.82) is 0 Å². The molecule has 3 nitrogen and oxygen atoms in total. The molecule has 1 saturated carbocycles. The van der Waals surface area contributed by atoms with Gasteiger partial charge in [0.1, 0.15) is 6.10 Å². The summed E-state index contributed by atoms with van der Waals surface area (Å²) in [6.07, 6.45) is 0.708. The van der Waals surface area contributed by atoms with Gasteiger partial charge in [0, 0.05) is 17.7 Å². The van der Waals surface area contributed by atoms with Gasteiger partial charge in [-0.05, 0) is 12.0 Å². The molecule has 2 rings (SSSR count). The number of benzene rings is 1. The van der Waals surface area contributed by atoms with Crippen LogP contribution in [0.4, 0.5) is 0 Å². The first-order valence-corrected chi connectivity index (χ1v) is 6.62. The summed E-state index contributed by atoms with van der Waals surface area (Å²) in [7, 11) is 0. The molecule has 1 aliphatic rings. The average Bonchev–Trinajstić information content (AvgIpc) is 2.34. The number of hydrogen-bond acceptors (Lipinski definition) is 3. The van der Waals surface area contributed by atoms with Gasteiger partial charge < -0.3 is 10.5 Å². The van der Waals surface area contributed by atoms with E-state index in [2.05, 4.69) is 28.1 Å². The highest BCUT2D eigenvalue weighted by atomic mass is 79.9. The molecule has 2 N–H and O–H groups in total. The molecule has 1 fully saturated rings. The highest BCUT2D eigenvalue weighted by molar-refractivity contribution is 9.09. The summed E-state index contributed by atoms with van der Waals surface area (Å²) in [6, 6.07) is 10.1. The molecule has 0 spiro atoms. The van der Waals surface area contributed by atoms with Gasteiger partial charge in [-0.25, -0.2) is 0 Å². The summed E-state index contributed by atoms with van der Waals surface area (Å²) in [5, 5.41) is 0. The second-order valence-electron chi connectivity index (χ2n) is 4.45. The summed E-state index contributed by atoms with van der Waals surface area (Å²) in [6.45, 7) is 1.42. The summed E-state index contributed by atoms with van der Waals surface area (Å²) >= 11 is 3.56. The van der Waals surface area contributed by atoms with E-state index in [0.29, 0.717) is 0 Å². The highest BCUT2D eigenvalue weighted by Gasteiger charge is 2.49. The molecular weight excluding hydrogens is 282 g/mol. The van der Waals surface area contributed by atoms with Gasteiger partial charge in [-0.3, -0.25) is 4.79 Å². The fraction of sp³-hybridized carbons (Fsp3) is 0.462. The van der Waals surface area contributed by atoms with Crippen LogP contribution in [0.2, 0.25) is 0 Å². The molecule has 1 aromatic carbocycles. The Morgan fingerprint density at radius 3 is 2.65 bits per heavy atom. The molecule has 17 heavy (non-hydrogen) atoms. The Kier molecular flexibility index (Phi) is 3.84. The molecule has 0 heterocycles. The maximum atomic E-state index is 11.0. The van der Waals surface area contributed by atoms with Gasteiger partial charge >= 0.3 is 5.97 Å². The number of alkyl halides is 1. The lowest BCUT2D eigenvalue weighted by Gasteiger charge is -2.46. The molecule has 0 saturated heterocycles. The minimum atomic E-state index is -0.261. The third kappa shape index (κ3) is 2.69. The molecule has 0 amide bonds. The molecule has 0 bridgehead atoms. The average molecular weight is 298 g/mol. The van der Waals surface area contributed by atoms with E-state index in [0.717, 1.165) is 6.42 Å². The molecule has 0 unspecified atom stereocenters. The lowest BCUT2D eigenvalue weighted by molar-refractivity contribution is -0.156. The van der Waals surface area contributed by atoms with Crippen LogP contribution < -0.4 is 5.73 Å². The van der Waals surface area contributed by atoms with E-state index in [-0.39, 0.29) is 28.9 Å². The number of carbonyl (C=O) groups is 1. The molecule has 4 heteroatoms. The van der Waals surface area contributed by atoms with Gasteiger partial charge in [0.15, 0.2) is 0 Å². The van der Waals surface area contributed by atoms with E-state index in [9.17, 15) is 4.79 Å². The predicted molar refractivity (Wildman–Crippen MR) is 69.9 cm³/mol. The second-order valence-corrected chi connectivity index (χ2v) is 5.51. The second kappa shape index (κ2) is 5.19. The number of rotatable bonds is 3. The van der Waals surface area contributed by atoms with Gasteiger partial charge in [-0.1, -0.05) is 46.3 Å². The fourth-order valence-corrected chi connectivity index (χ4v) is 3.05. The Morgan fingerprint density at radius 2 is 2.06 bits per heavy atom. The Morgan fingerprint density at radius 1 is 1.41 bits per heavy atom. The van der Waals surface area contributed by atoms with Crippen LogP contribution in [0.3, 0.4) is 0 Å². The fourth-order valence-electron chi connectivity index (χ4n) is 2.26. The van der Waals surface area contributed by atoms with Gasteiger partial charge in [0.2, 0.25) is 0 Å². The molecule has 0 aliphatic heterocycles. The number of ether oxygens (including phenoxy) is 1. The quantitative estimate of drug-likeness (QED) is 0.685. The van der Waals surface area contributed by atoms with Gasteiger partial charge in [0.05, 0.1) is 6.04 Å². The number of esters is 1. The van der Waals surface area contributed by atoms with Crippen LogP contribution >= 0.6 is 15.9 Å². The van der Waals surface area contributed by atoms with Crippen molar-refractivity contribution in [3.8, 4) is 0 Å². The number of nitrogens with two attached hydrogens (primary N) is 1. The first kappa shape index (κ1) is 12.6. The van der Waals surface area contributed by atoms with E-state index >= 15 is 0 Å². The Bertz CT molecular complexity index is 396. The maximum Gasteiger partial charge on any atom is 0.302 e. The third-order valence-electron chi connectivity index (χ3n) is 3.19. The van der Waals surface area contributed by atoms with E-state index in [1.165, 1.54) is 12.5 Å². The lowest BCUT2D eigenvalue weighted by atomic mass is 9.74. The van der Waals surface area contributed by atoms with Crippen molar-refractivity contribution >= 4 is 21.9 Å². The van der Waals surface area contributed by atoms with E-state index in [1.807, 2.05) is 18.2 Å². The summed E-state index contributed by atoms with van der Waals surface area (Å²) in [5.74, 6) is -0.000730. The lowest BCUT2D eigenvalue weighted by Crippen LogP contribution is -2.63. The van der Waals surface area contributed by atoms with Crippen molar-refractivity contribution in [2.75, 3.05) is 0 Å². The van der Waals surface area contributed by atoms with Gasteiger partial charge in [-0.2, -0.15) is 0 Å². The highest BCUT2D eigenvalue weighted by Crippen LogP contribution is 2.38. The molecule has 1 aliphatic carbocycles. The Hall–Kier alpha value is -0.870. The number of halogens is 1. The van der Waals surface area contributed by atoms with Crippen molar-refractivity contribution in [2.45, 2.75) is 30.3 Å². The third-order valence-corrected chi connectivity index (χ3v) is 4.48. The van der Waals surface area contributed by atoms with E-state index in [4.69, 9.17) is 10.5 Å². The van der Waals surface area contributed by atoms with Crippen molar-refractivity contribution in [3.05, 3.63) is 35.9 Å². The largest absolute Gasteiger partial charge is 0.461 e. The first-order valence-electron chi connectivity index (χ1n) is 5.70. The molecule has 4 atom stereocenters. The topological polar surface area (TPSA) is 52.3 Å². The Balaban J connectivity index is 2.02. The van der Waals surface area contributed by atoms with E-state index in [1.54, 1.807) is 0 Å². The van der Waals surface area contributed by atoms with Crippen molar-refractivity contribution in [2.24, 2.45) is 11.7 Å². The van der Waals surface area contributed by atoms with Crippen LogP contribution in [0.25, 0.3) is 0 Å². The van der Waals surface area contributed by atoms with Crippen LogP contribution in [0, 0.1) is 5.92 Å². The number of hydrogen-bond donors (Lipinski definition) is 1. The summed E-state index contributed by atoms with van der Waals surface area (Å²) < 4.78 is 5.26. The zero-order valence-corrected chi connectivity index (χ0v) is 11.3.